The van der Waals surface area contributed by atoms with Crippen LogP contribution < -0.4 is 10.2 Å². The molecule has 1 fully saturated rings. The number of rotatable bonds is 4. The van der Waals surface area contributed by atoms with Crippen molar-refractivity contribution in [2.45, 2.75) is 12.6 Å². The number of aromatic nitrogens is 2. The van der Waals surface area contributed by atoms with Gasteiger partial charge in [0.15, 0.2) is 0 Å². The third-order valence-corrected chi connectivity index (χ3v) is 5.83. The quantitative estimate of drug-likeness (QED) is 0.486. The van der Waals surface area contributed by atoms with Crippen LogP contribution in [0.25, 0.3) is 23.4 Å². The van der Waals surface area contributed by atoms with Crippen LogP contribution in [0.3, 0.4) is 0 Å². The number of ether oxygens (including phenoxy) is 1. The Balaban J connectivity index is 0.000000405. The number of carboxylic acid groups (broad SMARTS) is 1. The molecule has 11 heteroatoms. The van der Waals surface area contributed by atoms with Crippen LogP contribution in [0.5, 0.6) is 0 Å². The number of benzene rings is 1. The molecule has 0 radical (unpaired) electrons. The first-order chi connectivity index (χ1) is 17.7. The number of morpholine rings is 1. The second kappa shape index (κ2) is 11.3. The van der Waals surface area contributed by atoms with Crippen LogP contribution in [0, 0.1) is 0 Å². The van der Waals surface area contributed by atoms with Crippen LogP contribution in [0.15, 0.2) is 48.7 Å². The van der Waals surface area contributed by atoms with E-state index in [4.69, 9.17) is 14.6 Å². The van der Waals surface area contributed by atoms with Crippen molar-refractivity contribution in [1.29, 1.82) is 0 Å². The van der Waals surface area contributed by atoms with Gasteiger partial charge in [0.1, 0.15) is 0 Å². The smallest absolute Gasteiger partial charge is 0.475 e. The highest BCUT2D eigenvalue weighted by atomic mass is 19.4. The van der Waals surface area contributed by atoms with E-state index in [1.807, 2.05) is 24.3 Å². The van der Waals surface area contributed by atoms with Gasteiger partial charge in [0.2, 0.25) is 0 Å². The topological polar surface area (TPSA) is 108 Å². The van der Waals surface area contributed by atoms with Crippen LogP contribution in [-0.4, -0.2) is 66.0 Å². The van der Waals surface area contributed by atoms with Crippen molar-refractivity contribution in [3.8, 4) is 11.3 Å². The Bertz CT molecular complexity index is 1300. The summed E-state index contributed by atoms with van der Waals surface area (Å²) in [4.78, 5) is 31.2. The zero-order valence-electron chi connectivity index (χ0n) is 19.7. The van der Waals surface area contributed by atoms with Crippen molar-refractivity contribution in [3.63, 3.8) is 0 Å². The monoisotopic (exact) mass is 514 g/mol. The van der Waals surface area contributed by atoms with E-state index in [1.165, 1.54) is 5.69 Å². The summed E-state index contributed by atoms with van der Waals surface area (Å²) in [6, 6.07) is 14.5. The molecular weight excluding hydrogens is 489 g/mol. The Hall–Kier alpha value is -4.12. The molecule has 0 saturated carbocycles. The molecule has 194 valence electrons. The zero-order chi connectivity index (χ0) is 26.4. The lowest BCUT2D eigenvalue weighted by Crippen LogP contribution is -2.36. The van der Waals surface area contributed by atoms with E-state index in [0.29, 0.717) is 6.54 Å². The van der Waals surface area contributed by atoms with Gasteiger partial charge in [-0.1, -0.05) is 18.2 Å². The van der Waals surface area contributed by atoms with Crippen molar-refractivity contribution in [1.82, 2.24) is 15.3 Å². The van der Waals surface area contributed by atoms with E-state index in [-0.39, 0.29) is 5.91 Å². The lowest BCUT2D eigenvalue weighted by Gasteiger charge is -2.29. The first kappa shape index (κ1) is 26.0. The molecular formula is C26H25F3N4O4. The molecule has 1 aromatic carbocycles. The predicted octanol–water partition coefficient (Wildman–Crippen LogP) is 4.00. The molecule has 1 saturated heterocycles. The number of hydrogen-bond donors (Lipinski definition) is 3. The van der Waals surface area contributed by atoms with Crippen LogP contribution in [0.2, 0.25) is 0 Å². The summed E-state index contributed by atoms with van der Waals surface area (Å²) in [6.45, 7) is 4.09. The lowest BCUT2D eigenvalue weighted by atomic mass is 10.1. The molecule has 5 rings (SSSR count). The number of hydrogen-bond acceptors (Lipinski definition) is 5. The Morgan fingerprint density at radius 1 is 1.11 bits per heavy atom. The summed E-state index contributed by atoms with van der Waals surface area (Å²) >= 11 is 0. The van der Waals surface area contributed by atoms with Gasteiger partial charge in [0, 0.05) is 54.9 Å². The van der Waals surface area contributed by atoms with Gasteiger partial charge < -0.3 is 25.0 Å². The normalized spacial score (nSPS) is 15.5. The van der Waals surface area contributed by atoms with E-state index in [2.05, 4.69) is 50.5 Å². The molecule has 0 aliphatic carbocycles. The standard InChI is InChI=1S/C24H24N4O2.C2HF3O2/c29-24-21-16-23(27-22(21)7-9-26-24)18-6-8-25-19(15-18)5-4-17-2-1-3-20(14-17)28-10-12-30-13-11-28;3-2(4,5)1(6)7/h1-6,8,14-16,27H,7,9-13H2,(H,26,29);(H,6,7)/b5-4+;. The van der Waals surface area contributed by atoms with Crippen LogP contribution in [0.1, 0.15) is 27.3 Å². The summed E-state index contributed by atoms with van der Waals surface area (Å²) in [5.74, 6) is -2.76. The van der Waals surface area contributed by atoms with Gasteiger partial charge >= 0.3 is 12.1 Å². The highest BCUT2D eigenvalue weighted by molar-refractivity contribution is 5.97. The van der Waals surface area contributed by atoms with Crippen LogP contribution >= 0.6 is 0 Å². The summed E-state index contributed by atoms with van der Waals surface area (Å²) < 4.78 is 37.2. The van der Waals surface area contributed by atoms with E-state index < -0.39 is 12.1 Å². The number of carbonyl (C=O) groups excluding carboxylic acids is 1. The van der Waals surface area contributed by atoms with Crippen molar-refractivity contribution in [2.24, 2.45) is 0 Å². The molecule has 3 aromatic rings. The Morgan fingerprint density at radius 2 is 1.86 bits per heavy atom. The minimum atomic E-state index is -5.08. The number of carbonyl (C=O) groups is 2. The van der Waals surface area contributed by atoms with E-state index in [1.54, 1.807) is 6.20 Å². The van der Waals surface area contributed by atoms with Crippen molar-refractivity contribution in [2.75, 3.05) is 37.7 Å². The van der Waals surface area contributed by atoms with Crippen molar-refractivity contribution in [3.05, 3.63) is 71.2 Å². The number of aromatic amines is 1. The largest absolute Gasteiger partial charge is 0.490 e. The van der Waals surface area contributed by atoms with Gasteiger partial charge in [-0.05, 0) is 42.0 Å². The highest BCUT2D eigenvalue weighted by Crippen LogP contribution is 2.25. The number of nitrogens with zero attached hydrogens (tertiary/aromatic N) is 2. The molecule has 0 unspecified atom stereocenters. The fourth-order valence-corrected chi connectivity index (χ4v) is 3.98. The molecule has 0 atom stereocenters. The number of fused-ring (bicyclic) bond motifs is 1. The number of alkyl halides is 3. The number of H-pyrrole nitrogens is 1. The Labute approximate surface area is 210 Å². The second-order valence-corrected chi connectivity index (χ2v) is 8.38. The molecule has 1 amide bonds. The van der Waals surface area contributed by atoms with Crippen LogP contribution in [0.4, 0.5) is 18.9 Å². The minimum Gasteiger partial charge on any atom is -0.475 e. The summed E-state index contributed by atoms with van der Waals surface area (Å²) in [5, 5.41) is 10.0. The molecule has 37 heavy (non-hydrogen) atoms. The molecule has 3 N–H and O–H groups in total. The third kappa shape index (κ3) is 6.76. The molecule has 8 nitrogen and oxygen atoms in total. The van der Waals surface area contributed by atoms with Gasteiger partial charge in [-0.3, -0.25) is 9.78 Å². The number of anilines is 1. The van der Waals surface area contributed by atoms with Crippen LogP contribution in [-0.2, 0) is 16.0 Å². The average Bonchev–Trinajstić information content (AvgIpc) is 3.34. The Morgan fingerprint density at radius 3 is 2.57 bits per heavy atom. The number of nitrogens with one attached hydrogen (secondary N) is 2. The lowest BCUT2D eigenvalue weighted by molar-refractivity contribution is -0.192. The number of pyridine rings is 1. The molecule has 2 aliphatic heterocycles. The van der Waals surface area contributed by atoms with E-state index in [9.17, 15) is 18.0 Å². The number of amides is 1. The van der Waals surface area contributed by atoms with Gasteiger partial charge in [-0.15, -0.1) is 0 Å². The maximum atomic E-state index is 12.0. The Kier molecular flexibility index (Phi) is 7.92. The third-order valence-electron chi connectivity index (χ3n) is 5.83. The highest BCUT2D eigenvalue weighted by Gasteiger charge is 2.38. The molecule has 2 aliphatic rings. The SMILES string of the molecule is O=C(O)C(F)(F)F.O=C1NCCc2[nH]c(-c3ccnc(/C=C/c4cccc(N5CCOCC5)c4)c3)cc21. The zero-order valence-corrected chi connectivity index (χ0v) is 19.7. The average molecular weight is 515 g/mol. The summed E-state index contributed by atoms with van der Waals surface area (Å²) in [7, 11) is 0. The maximum absolute atomic E-state index is 12.0. The van der Waals surface area contributed by atoms with Gasteiger partial charge in [0.25, 0.3) is 5.91 Å². The van der Waals surface area contributed by atoms with Crippen molar-refractivity contribution < 1.29 is 32.6 Å². The molecule has 4 heterocycles. The van der Waals surface area contributed by atoms with Gasteiger partial charge in [-0.25, -0.2) is 4.79 Å². The molecule has 0 spiro atoms. The second-order valence-electron chi connectivity index (χ2n) is 8.38. The van der Waals surface area contributed by atoms with Crippen molar-refractivity contribution >= 4 is 29.7 Å². The fraction of sp³-hybridized carbons (Fsp3) is 0.269. The van der Waals surface area contributed by atoms with E-state index >= 15 is 0 Å². The number of halogens is 3. The first-order valence-corrected chi connectivity index (χ1v) is 11.6. The summed E-state index contributed by atoms with van der Waals surface area (Å²) in [6.07, 6.45) is 1.66. The maximum Gasteiger partial charge on any atom is 0.490 e. The summed E-state index contributed by atoms with van der Waals surface area (Å²) in [5.41, 5.74) is 6.95. The molecule has 2 aromatic heterocycles. The first-order valence-electron chi connectivity index (χ1n) is 11.6. The predicted molar refractivity (Wildman–Crippen MR) is 132 cm³/mol. The fourth-order valence-electron chi connectivity index (χ4n) is 3.98. The van der Waals surface area contributed by atoms with E-state index in [0.717, 1.165) is 66.5 Å². The molecule has 0 bridgehead atoms. The minimum absolute atomic E-state index is 0.00641. The van der Waals surface area contributed by atoms with Gasteiger partial charge in [-0.2, -0.15) is 13.2 Å². The number of aliphatic carboxylic acids is 1. The van der Waals surface area contributed by atoms with Gasteiger partial charge in [0.05, 0.1) is 24.5 Å². The number of carboxylic acids is 1.